The maximum atomic E-state index is 10.4. The number of rotatable bonds is 11. The largest absolute Gasteiger partial charge is 0.389 e. The Morgan fingerprint density at radius 1 is 1.00 bits per heavy atom. The molecule has 0 saturated carbocycles. The molecule has 1 unspecified atom stereocenters. The van der Waals surface area contributed by atoms with E-state index >= 15 is 0 Å². The third kappa shape index (κ3) is 7.26. The van der Waals surface area contributed by atoms with E-state index in [4.69, 9.17) is 26.3 Å². The fourth-order valence-electron chi connectivity index (χ4n) is 4.53. The number of benzene rings is 2. The zero-order valence-corrected chi connectivity index (χ0v) is 22.1. The molecule has 1 aliphatic heterocycles. The Bertz CT molecular complexity index is 1090. The monoisotopic (exact) mass is 508 g/mol. The molecular formula is C29H37ClN4O2. The van der Waals surface area contributed by atoms with Gasteiger partial charge in [0.05, 0.1) is 12.7 Å². The highest BCUT2D eigenvalue weighted by atomic mass is 35.5. The molecule has 1 fully saturated rings. The molecule has 3 aromatic rings. The first kappa shape index (κ1) is 26.6. The average Bonchev–Trinajstić information content (AvgIpc) is 2.90. The zero-order chi connectivity index (χ0) is 25.3. The van der Waals surface area contributed by atoms with E-state index in [-0.39, 0.29) is 0 Å². The third-order valence-corrected chi connectivity index (χ3v) is 6.86. The molecule has 7 heteroatoms. The van der Waals surface area contributed by atoms with E-state index in [0.29, 0.717) is 19.8 Å². The van der Waals surface area contributed by atoms with Crippen molar-refractivity contribution in [2.75, 3.05) is 50.8 Å². The summed E-state index contributed by atoms with van der Waals surface area (Å²) < 4.78 is 5.60. The number of hydrogen-bond acceptors (Lipinski definition) is 6. The molecule has 1 aliphatic rings. The summed E-state index contributed by atoms with van der Waals surface area (Å²) in [4.78, 5) is 14.7. The Kier molecular flexibility index (Phi) is 9.70. The minimum Gasteiger partial charge on any atom is -0.389 e. The lowest BCUT2D eigenvalue weighted by Crippen LogP contribution is -2.49. The van der Waals surface area contributed by atoms with Gasteiger partial charge >= 0.3 is 0 Å². The number of nitrogens with zero attached hydrogens (tertiary/aromatic N) is 4. The molecule has 192 valence electrons. The number of aryl methyl sites for hydroxylation is 1. The molecule has 2 aromatic carbocycles. The van der Waals surface area contributed by atoms with Gasteiger partial charge in [-0.25, -0.2) is 9.97 Å². The van der Waals surface area contributed by atoms with Crippen LogP contribution in [0, 0.1) is 6.92 Å². The van der Waals surface area contributed by atoms with E-state index in [9.17, 15) is 5.11 Å². The standard InChI is InChI=1S/C29H37ClN4O2/c1-3-4-18-36-21-26(35)20-33-14-16-34(17-15-33)29-27(19-23-10-12-25(30)13-11-23)22(2)31-28(32-29)24-8-6-5-7-9-24/h5-13,26,35H,3-4,14-21H2,1-2H3. The molecule has 36 heavy (non-hydrogen) atoms. The molecule has 0 bridgehead atoms. The van der Waals surface area contributed by atoms with Crippen LogP contribution in [0.1, 0.15) is 36.6 Å². The molecule has 1 saturated heterocycles. The minimum absolute atomic E-state index is 0.400. The molecule has 0 amide bonds. The topological polar surface area (TPSA) is 61.7 Å². The normalized spacial score (nSPS) is 15.3. The van der Waals surface area contributed by atoms with Crippen molar-refractivity contribution in [3.05, 3.63) is 76.4 Å². The van der Waals surface area contributed by atoms with Gasteiger partial charge in [-0.05, 0) is 31.0 Å². The summed E-state index contributed by atoms with van der Waals surface area (Å²) in [6.45, 7) is 9.41. The van der Waals surface area contributed by atoms with Crippen LogP contribution in [0.25, 0.3) is 11.4 Å². The molecule has 1 N–H and O–H groups in total. The van der Waals surface area contributed by atoms with Crippen LogP contribution in [0.4, 0.5) is 5.82 Å². The van der Waals surface area contributed by atoms with Gasteiger partial charge in [-0.3, -0.25) is 4.90 Å². The Morgan fingerprint density at radius 3 is 2.42 bits per heavy atom. The second-order valence-electron chi connectivity index (χ2n) is 9.47. The van der Waals surface area contributed by atoms with E-state index in [1.165, 1.54) is 5.56 Å². The second kappa shape index (κ2) is 13.2. The maximum Gasteiger partial charge on any atom is 0.161 e. The number of anilines is 1. The van der Waals surface area contributed by atoms with Crippen molar-refractivity contribution >= 4 is 17.4 Å². The first-order chi connectivity index (χ1) is 17.5. The molecular weight excluding hydrogens is 472 g/mol. The number of aliphatic hydroxyl groups excluding tert-OH is 1. The molecule has 0 spiro atoms. The van der Waals surface area contributed by atoms with E-state index < -0.39 is 6.10 Å². The van der Waals surface area contributed by atoms with Gasteiger partial charge in [-0.15, -0.1) is 0 Å². The van der Waals surface area contributed by atoms with Gasteiger partial charge in [0.25, 0.3) is 0 Å². The summed E-state index contributed by atoms with van der Waals surface area (Å²) in [5.74, 6) is 1.75. The van der Waals surface area contributed by atoms with E-state index in [1.54, 1.807) is 0 Å². The SMILES string of the molecule is CCCCOCC(O)CN1CCN(c2nc(-c3ccccc3)nc(C)c2Cc2ccc(Cl)cc2)CC1. The average molecular weight is 509 g/mol. The smallest absolute Gasteiger partial charge is 0.161 e. The summed E-state index contributed by atoms with van der Waals surface area (Å²) >= 11 is 6.12. The summed E-state index contributed by atoms with van der Waals surface area (Å²) in [6.07, 6.45) is 2.43. The Morgan fingerprint density at radius 2 is 1.72 bits per heavy atom. The van der Waals surface area contributed by atoms with Crippen LogP contribution in [0.2, 0.25) is 5.02 Å². The Balaban J connectivity index is 1.50. The van der Waals surface area contributed by atoms with Crippen LogP contribution in [0.3, 0.4) is 0 Å². The van der Waals surface area contributed by atoms with Gasteiger partial charge in [0, 0.05) is 67.6 Å². The minimum atomic E-state index is -0.458. The number of hydrogen-bond donors (Lipinski definition) is 1. The number of unbranched alkanes of at least 4 members (excludes halogenated alkanes) is 1. The molecule has 2 heterocycles. The highest BCUT2D eigenvalue weighted by Crippen LogP contribution is 2.28. The number of β-amino-alcohol motifs (C(OH)–C–C–N with tert-alkyl or cyclic N) is 1. The number of ether oxygens (including phenoxy) is 1. The predicted octanol–water partition coefficient (Wildman–Crippen LogP) is 5.00. The molecule has 0 radical (unpaired) electrons. The quantitative estimate of drug-likeness (QED) is 0.368. The summed E-state index contributed by atoms with van der Waals surface area (Å²) in [5.41, 5.74) is 4.35. The molecule has 1 atom stereocenters. The van der Waals surface area contributed by atoms with Gasteiger partial charge in [-0.2, -0.15) is 0 Å². The Labute approximate surface area is 219 Å². The van der Waals surface area contributed by atoms with Gasteiger partial charge < -0.3 is 14.7 Å². The lowest BCUT2D eigenvalue weighted by molar-refractivity contribution is 0.0150. The van der Waals surface area contributed by atoms with Crippen LogP contribution in [0.15, 0.2) is 54.6 Å². The Hall–Kier alpha value is -2.51. The third-order valence-electron chi connectivity index (χ3n) is 6.61. The zero-order valence-electron chi connectivity index (χ0n) is 21.4. The van der Waals surface area contributed by atoms with Crippen LogP contribution in [-0.2, 0) is 11.2 Å². The van der Waals surface area contributed by atoms with Crippen molar-refractivity contribution < 1.29 is 9.84 Å². The second-order valence-corrected chi connectivity index (χ2v) is 9.91. The molecule has 1 aromatic heterocycles. The van der Waals surface area contributed by atoms with Gasteiger partial charge in [0.15, 0.2) is 5.82 Å². The molecule has 6 nitrogen and oxygen atoms in total. The van der Waals surface area contributed by atoms with Gasteiger partial charge in [-0.1, -0.05) is 67.4 Å². The highest BCUT2D eigenvalue weighted by Gasteiger charge is 2.24. The number of piperazine rings is 1. The van der Waals surface area contributed by atoms with Crippen molar-refractivity contribution in [3.8, 4) is 11.4 Å². The van der Waals surface area contributed by atoms with E-state index in [0.717, 1.165) is 78.9 Å². The van der Waals surface area contributed by atoms with E-state index in [2.05, 4.69) is 47.9 Å². The van der Waals surface area contributed by atoms with Crippen molar-refractivity contribution in [3.63, 3.8) is 0 Å². The first-order valence-electron chi connectivity index (χ1n) is 12.9. The number of aromatic nitrogens is 2. The van der Waals surface area contributed by atoms with Crippen LogP contribution < -0.4 is 4.90 Å². The first-order valence-corrected chi connectivity index (χ1v) is 13.3. The highest BCUT2D eigenvalue weighted by molar-refractivity contribution is 6.30. The van der Waals surface area contributed by atoms with Crippen molar-refractivity contribution in [1.29, 1.82) is 0 Å². The van der Waals surface area contributed by atoms with Gasteiger partial charge in [0.2, 0.25) is 0 Å². The number of aliphatic hydroxyl groups is 1. The summed E-state index contributed by atoms with van der Waals surface area (Å²) in [7, 11) is 0. The van der Waals surface area contributed by atoms with Crippen LogP contribution >= 0.6 is 11.6 Å². The van der Waals surface area contributed by atoms with Crippen LogP contribution in [0.5, 0.6) is 0 Å². The fourth-order valence-corrected chi connectivity index (χ4v) is 4.66. The molecule has 4 rings (SSSR count). The summed E-state index contributed by atoms with van der Waals surface area (Å²) in [6, 6.07) is 18.2. The predicted molar refractivity (Wildman–Crippen MR) is 147 cm³/mol. The van der Waals surface area contributed by atoms with Crippen molar-refractivity contribution in [2.24, 2.45) is 0 Å². The molecule has 0 aliphatic carbocycles. The summed E-state index contributed by atoms with van der Waals surface area (Å²) in [5, 5.41) is 11.1. The van der Waals surface area contributed by atoms with Crippen molar-refractivity contribution in [2.45, 2.75) is 39.2 Å². The number of halogens is 1. The lowest BCUT2D eigenvalue weighted by atomic mass is 10.0. The van der Waals surface area contributed by atoms with E-state index in [1.807, 2.05) is 30.3 Å². The van der Waals surface area contributed by atoms with Crippen LogP contribution in [-0.4, -0.2) is 72.0 Å². The maximum absolute atomic E-state index is 10.4. The fraction of sp³-hybridized carbons (Fsp3) is 0.448. The lowest BCUT2D eigenvalue weighted by Gasteiger charge is -2.37. The van der Waals surface area contributed by atoms with Crippen molar-refractivity contribution in [1.82, 2.24) is 14.9 Å². The van der Waals surface area contributed by atoms with Gasteiger partial charge in [0.1, 0.15) is 5.82 Å².